The molecule has 0 aliphatic heterocycles. The molecule has 0 unspecified atom stereocenters. The molecule has 0 radical (unpaired) electrons. The van der Waals surface area contributed by atoms with Gasteiger partial charge in [0, 0.05) is 10.8 Å². The number of carbonyl (C=O) groups is 1. The molecule has 1 aliphatic rings. The van der Waals surface area contributed by atoms with Crippen molar-refractivity contribution in [2.24, 2.45) is 5.92 Å². The third-order valence-electron chi connectivity index (χ3n) is 6.54. The maximum absolute atomic E-state index is 13.1. The number of carbonyl (C=O) groups excluding carboxylic acids is 1. The third-order valence-corrected chi connectivity index (χ3v) is 7.43. The maximum atomic E-state index is 13.1. The van der Waals surface area contributed by atoms with Crippen LogP contribution in [0.4, 0.5) is 13.2 Å². The molecule has 0 atom stereocenters. The minimum Gasteiger partial charge on any atom is -0.744 e. The van der Waals surface area contributed by atoms with Crippen LogP contribution in [-0.2, 0) is 10.1 Å². The lowest BCUT2D eigenvalue weighted by Crippen LogP contribution is -2.38. The van der Waals surface area contributed by atoms with Crippen LogP contribution in [0.3, 0.4) is 0 Å². The molecular formula is C26H24F3O7S-. The van der Waals surface area contributed by atoms with Crippen LogP contribution in [0.25, 0.3) is 10.8 Å². The van der Waals surface area contributed by atoms with Crippen molar-refractivity contribution in [3.8, 4) is 17.2 Å². The molecule has 37 heavy (non-hydrogen) atoms. The van der Waals surface area contributed by atoms with Gasteiger partial charge in [0.05, 0.1) is 10.5 Å². The van der Waals surface area contributed by atoms with Gasteiger partial charge in [-0.15, -0.1) is 13.2 Å². The summed E-state index contributed by atoms with van der Waals surface area (Å²) < 4.78 is 89.8. The third kappa shape index (κ3) is 5.83. The first-order valence-corrected chi connectivity index (χ1v) is 13.0. The van der Waals surface area contributed by atoms with E-state index in [4.69, 9.17) is 9.47 Å². The molecule has 4 rings (SSSR count). The van der Waals surface area contributed by atoms with E-state index in [9.17, 15) is 30.9 Å². The van der Waals surface area contributed by atoms with Gasteiger partial charge in [-0.25, -0.2) is 13.2 Å². The van der Waals surface area contributed by atoms with Crippen molar-refractivity contribution in [1.82, 2.24) is 0 Å². The Balaban J connectivity index is 1.71. The van der Waals surface area contributed by atoms with Gasteiger partial charge in [0.25, 0.3) is 0 Å². The minimum atomic E-state index is -4.97. The fourth-order valence-electron chi connectivity index (χ4n) is 4.62. The van der Waals surface area contributed by atoms with E-state index >= 15 is 0 Å². The van der Waals surface area contributed by atoms with Crippen LogP contribution in [0.15, 0.2) is 59.5 Å². The fraction of sp³-hybridized carbons (Fsp3) is 0.346. The van der Waals surface area contributed by atoms with Crippen LogP contribution in [-0.4, -0.2) is 30.9 Å². The summed E-state index contributed by atoms with van der Waals surface area (Å²) in [6.07, 6.45) is -1.96. The van der Waals surface area contributed by atoms with Crippen molar-refractivity contribution in [3.63, 3.8) is 0 Å². The molecule has 0 amide bonds. The second kappa shape index (κ2) is 9.86. The number of fused-ring (bicyclic) bond motifs is 1. The molecular weight excluding hydrogens is 513 g/mol. The van der Waals surface area contributed by atoms with E-state index in [0.29, 0.717) is 12.8 Å². The number of ether oxygens (including phenoxy) is 3. The summed E-state index contributed by atoms with van der Waals surface area (Å²) in [6.45, 7) is 3.84. The highest BCUT2D eigenvalue weighted by atomic mass is 32.2. The highest BCUT2D eigenvalue weighted by molar-refractivity contribution is 7.86. The average Bonchev–Trinajstić information content (AvgIpc) is 3.28. The first-order chi connectivity index (χ1) is 17.3. The van der Waals surface area contributed by atoms with Gasteiger partial charge in [0.15, 0.2) is 11.5 Å². The zero-order valence-corrected chi connectivity index (χ0v) is 20.8. The summed E-state index contributed by atoms with van der Waals surface area (Å²) in [5, 5.41) is 0.270. The van der Waals surface area contributed by atoms with E-state index in [0.717, 1.165) is 37.1 Å². The molecule has 0 aromatic heterocycles. The lowest BCUT2D eigenvalue weighted by molar-refractivity contribution is -0.275. The van der Waals surface area contributed by atoms with Crippen molar-refractivity contribution in [2.75, 3.05) is 0 Å². The highest BCUT2D eigenvalue weighted by Crippen LogP contribution is 2.44. The van der Waals surface area contributed by atoms with E-state index in [-0.39, 0.29) is 33.8 Å². The number of rotatable bonds is 7. The predicted octanol–water partition coefficient (Wildman–Crippen LogP) is 6.21. The van der Waals surface area contributed by atoms with E-state index in [1.54, 1.807) is 6.07 Å². The predicted molar refractivity (Wildman–Crippen MR) is 127 cm³/mol. The maximum Gasteiger partial charge on any atom is 0.573 e. The molecule has 7 nitrogen and oxygen atoms in total. The van der Waals surface area contributed by atoms with E-state index in [2.05, 4.69) is 4.74 Å². The van der Waals surface area contributed by atoms with Crippen LogP contribution in [0.2, 0.25) is 0 Å². The monoisotopic (exact) mass is 537 g/mol. The number of alkyl halides is 3. The Morgan fingerprint density at radius 1 is 0.946 bits per heavy atom. The SMILES string of the molecule is CC(C)C1(Oc2cc(C(=O)Oc3ccc(S(=O)(=O)[O-])c4ccccc34)ccc2OC(F)(F)F)CCCC1. The Labute approximate surface area is 211 Å². The number of hydrogen-bond donors (Lipinski definition) is 0. The van der Waals surface area contributed by atoms with Crippen LogP contribution < -0.4 is 14.2 Å². The Morgan fingerprint density at radius 2 is 1.57 bits per heavy atom. The van der Waals surface area contributed by atoms with Gasteiger partial charge in [-0.2, -0.15) is 0 Å². The summed E-state index contributed by atoms with van der Waals surface area (Å²) in [4.78, 5) is 12.5. The molecule has 1 fully saturated rings. The quantitative estimate of drug-likeness (QED) is 0.201. The summed E-state index contributed by atoms with van der Waals surface area (Å²) >= 11 is 0. The van der Waals surface area contributed by atoms with Gasteiger partial charge in [-0.3, -0.25) is 0 Å². The number of esters is 1. The zero-order valence-electron chi connectivity index (χ0n) is 20.0. The van der Waals surface area contributed by atoms with Crippen molar-refractivity contribution < 1.29 is 45.1 Å². The molecule has 0 N–H and O–H groups in total. The molecule has 0 spiro atoms. The fourth-order valence-corrected chi connectivity index (χ4v) is 5.31. The van der Waals surface area contributed by atoms with Crippen molar-refractivity contribution in [3.05, 3.63) is 60.2 Å². The smallest absolute Gasteiger partial charge is 0.573 e. The van der Waals surface area contributed by atoms with Gasteiger partial charge in [0.1, 0.15) is 21.5 Å². The molecule has 0 saturated heterocycles. The van der Waals surface area contributed by atoms with Crippen molar-refractivity contribution in [2.45, 2.75) is 56.4 Å². The molecule has 11 heteroatoms. The minimum absolute atomic E-state index is 0.00785. The largest absolute Gasteiger partial charge is 0.744 e. The lowest BCUT2D eigenvalue weighted by Gasteiger charge is -2.35. The summed E-state index contributed by atoms with van der Waals surface area (Å²) in [6, 6.07) is 11.4. The molecule has 198 valence electrons. The zero-order chi connectivity index (χ0) is 27.0. The molecule has 1 saturated carbocycles. The second-order valence-electron chi connectivity index (χ2n) is 9.19. The van der Waals surface area contributed by atoms with Crippen LogP contribution in [0.5, 0.6) is 17.2 Å². The van der Waals surface area contributed by atoms with Crippen LogP contribution >= 0.6 is 0 Å². The van der Waals surface area contributed by atoms with Gasteiger partial charge in [-0.05, 0) is 61.9 Å². The highest BCUT2D eigenvalue weighted by Gasteiger charge is 2.41. The van der Waals surface area contributed by atoms with E-state index in [1.165, 1.54) is 24.3 Å². The average molecular weight is 538 g/mol. The van der Waals surface area contributed by atoms with E-state index in [1.807, 2.05) is 13.8 Å². The Kier molecular flexibility index (Phi) is 7.13. The normalized spacial score (nSPS) is 15.6. The second-order valence-corrected chi connectivity index (χ2v) is 10.5. The first kappa shape index (κ1) is 26.7. The Hall–Kier alpha value is -3.31. The standard InChI is InChI=1S/C26H25F3O7S/c1-16(2)25(13-5-6-14-25)35-22-15-17(9-10-21(22)36-26(27,28)29)24(30)34-20-11-12-23(37(31,32)33)19-8-4-3-7-18(19)20/h3-4,7-12,15-16H,5-6,13-14H2,1-2H3,(H,31,32,33)/p-1. The molecule has 1 aliphatic carbocycles. The van der Waals surface area contributed by atoms with Crippen molar-refractivity contribution in [1.29, 1.82) is 0 Å². The van der Waals surface area contributed by atoms with Crippen LogP contribution in [0.1, 0.15) is 49.9 Å². The Morgan fingerprint density at radius 3 is 2.16 bits per heavy atom. The summed E-state index contributed by atoms with van der Waals surface area (Å²) in [7, 11) is -4.79. The van der Waals surface area contributed by atoms with Gasteiger partial charge < -0.3 is 18.8 Å². The van der Waals surface area contributed by atoms with Gasteiger partial charge >= 0.3 is 12.3 Å². The summed E-state index contributed by atoms with van der Waals surface area (Å²) in [5.74, 6) is -1.77. The molecule has 0 bridgehead atoms. The van der Waals surface area contributed by atoms with Gasteiger partial charge in [-0.1, -0.05) is 38.1 Å². The van der Waals surface area contributed by atoms with Crippen molar-refractivity contribution >= 4 is 26.9 Å². The topological polar surface area (TPSA) is 102 Å². The molecule has 3 aromatic rings. The lowest BCUT2D eigenvalue weighted by atomic mass is 9.88. The number of hydrogen-bond acceptors (Lipinski definition) is 7. The molecule has 0 heterocycles. The van der Waals surface area contributed by atoms with Crippen LogP contribution in [0, 0.1) is 5.92 Å². The van der Waals surface area contributed by atoms with Gasteiger partial charge in [0.2, 0.25) is 0 Å². The number of halogens is 3. The number of benzene rings is 3. The first-order valence-electron chi connectivity index (χ1n) is 11.6. The summed E-state index contributed by atoms with van der Waals surface area (Å²) in [5.41, 5.74) is -0.812. The van der Waals surface area contributed by atoms with E-state index < -0.39 is 38.7 Å². The molecule has 3 aromatic carbocycles. The Bertz CT molecular complexity index is 1430.